The summed E-state index contributed by atoms with van der Waals surface area (Å²) in [5.74, 6) is 2.11. The van der Waals surface area contributed by atoms with Gasteiger partial charge in [0.2, 0.25) is 0 Å². The fraction of sp³-hybridized carbons (Fsp3) is 0.500. The van der Waals surface area contributed by atoms with Crippen LogP contribution in [0.15, 0.2) is 18.3 Å². The van der Waals surface area contributed by atoms with Crippen LogP contribution in [0.3, 0.4) is 0 Å². The van der Waals surface area contributed by atoms with E-state index in [9.17, 15) is 4.79 Å². The molecule has 2 aromatic heterocycles. The molecule has 0 bridgehead atoms. The Labute approximate surface area is 151 Å². The number of aromatic nitrogens is 4. The number of nitriles is 1. The normalized spacial score (nSPS) is 20.5. The van der Waals surface area contributed by atoms with E-state index < -0.39 is 0 Å². The predicted octanol–water partition coefficient (Wildman–Crippen LogP) is 1.66. The SMILES string of the molecule is C[C@H]1CN(C(=O)c2ccc(C#N)nc2)Cc2nnc(C3CCOCC3)n21. The molecule has 0 radical (unpaired) electrons. The standard InChI is InChI=1S/C18H20N6O2/c1-12-10-23(18(25)14-2-3-15(8-19)20-9-14)11-16-21-22-17(24(12)16)13-4-6-26-7-5-13/h2-3,9,12-13H,4-7,10-11H2,1H3/t12-/m0/s1. The smallest absolute Gasteiger partial charge is 0.255 e. The van der Waals surface area contributed by atoms with E-state index in [1.807, 2.05) is 6.07 Å². The minimum Gasteiger partial charge on any atom is -0.381 e. The molecule has 1 fully saturated rings. The Kier molecular flexibility index (Phi) is 4.39. The number of hydrogen-bond donors (Lipinski definition) is 0. The summed E-state index contributed by atoms with van der Waals surface area (Å²) >= 11 is 0. The van der Waals surface area contributed by atoms with Crippen molar-refractivity contribution in [2.24, 2.45) is 0 Å². The van der Waals surface area contributed by atoms with E-state index in [2.05, 4.69) is 26.7 Å². The van der Waals surface area contributed by atoms with Crippen LogP contribution >= 0.6 is 0 Å². The number of carbonyl (C=O) groups excluding carboxylic acids is 1. The van der Waals surface area contributed by atoms with Crippen LogP contribution in [0.4, 0.5) is 0 Å². The molecular formula is C18H20N6O2. The van der Waals surface area contributed by atoms with Crippen LogP contribution in [0.1, 0.15) is 59.4 Å². The molecule has 8 heteroatoms. The molecule has 26 heavy (non-hydrogen) atoms. The number of nitrogens with zero attached hydrogens (tertiary/aromatic N) is 6. The molecule has 0 aliphatic carbocycles. The van der Waals surface area contributed by atoms with E-state index in [1.54, 1.807) is 17.0 Å². The maximum absolute atomic E-state index is 12.8. The van der Waals surface area contributed by atoms with Gasteiger partial charge < -0.3 is 14.2 Å². The number of carbonyl (C=O) groups is 1. The van der Waals surface area contributed by atoms with Gasteiger partial charge in [-0.05, 0) is 31.9 Å². The Bertz CT molecular complexity index is 848. The first kappa shape index (κ1) is 16.7. The van der Waals surface area contributed by atoms with Gasteiger partial charge in [-0.3, -0.25) is 4.79 Å². The molecular weight excluding hydrogens is 332 g/mol. The van der Waals surface area contributed by atoms with Gasteiger partial charge in [0.05, 0.1) is 18.2 Å². The zero-order valence-corrected chi connectivity index (χ0v) is 14.6. The first-order chi connectivity index (χ1) is 12.7. The number of amides is 1. The number of fused-ring (bicyclic) bond motifs is 1. The van der Waals surface area contributed by atoms with Gasteiger partial charge in [0.25, 0.3) is 5.91 Å². The van der Waals surface area contributed by atoms with Gasteiger partial charge in [0.15, 0.2) is 5.82 Å². The molecule has 0 unspecified atom stereocenters. The van der Waals surface area contributed by atoms with Gasteiger partial charge in [-0.15, -0.1) is 10.2 Å². The third kappa shape index (κ3) is 2.95. The highest BCUT2D eigenvalue weighted by atomic mass is 16.5. The summed E-state index contributed by atoms with van der Waals surface area (Å²) in [7, 11) is 0. The van der Waals surface area contributed by atoms with Crippen molar-refractivity contribution in [3.63, 3.8) is 0 Å². The van der Waals surface area contributed by atoms with Gasteiger partial charge in [-0.1, -0.05) is 0 Å². The van der Waals surface area contributed by atoms with E-state index in [-0.39, 0.29) is 11.9 Å². The third-order valence-electron chi connectivity index (χ3n) is 5.05. The monoisotopic (exact) mass is 352 g/mol. The molecule has 0 spiro atoms. The molecule has 8 nitrogen and oxygen atoms in total. The van der Waals surface area contributed by atoms with Crippen molar-refractivity contribution in [1.82, 2.24) is 24.6 Å². The van der Waals surface area contributed by atoms with Crippen LogP contribution < -0.4 is 0 Å². The van der Waals surface area contributed by atoms with E-state index in [1.165, 1.54) is 6.20 Å². The maximum atomic E-state index is 12.8. The van der Waals surface area contributed by atoms with Gasteiger partial charge >= 0.3 is 0 Å². The fourth-order valence-corrected chi connectivity index (χ4v) is 3.72. The number of ether oxygens (including phenoxy) is 1. The minimum atomic E-state index is -0.101. The fourth-order valence-electron chi connectivity index (χ4n) is 3.72. The van der Waals surface area contributed by atoms with Crippen LogP contribution in [-0.4, -0.2) is 50.3 Å². The lowest BCUT2D eigenvalue weighted by molar-refractivity contribution is 0.0668. The van der Waals surface area contributed by atoms with Gasteiger partial charge in [-0.25, -0.2) is 4.98 Å². The zero-order chi connectivity index (χ0) is 18.1. The quantitative estimate of drug-likeness (QED) is 0.815. The first-order valence-electron chi connectivity index (χ1n) is 8.84. The van der Waals surface area contributed by atoms with Crippen molar-refractivity contribution in [2.45, 2.75) is 38.3 Å². The largest absolute Gasteiger partial charge is 0.381 e. The Morgan fingerprint density at radius 1 is 1.31 bits per heavy atom. The van der Waals surface area contributed by atoms with Gasteiger partial charge in [0, 0.05) is 31.9 Å². The molecule has 134 valence electrons. The minimum absolute atomic E-state index is 0.101. The van der Waals surface area contributed by atoms with Crippen LogP contribution in [0, 0.1) is 11.3 Å². The summed E-state index contributed by atoms with van der Waals surface area (Å²) in [5, 5.41) is 17.6. The van der Waals surface area contributed by atoms with Crippen molar-refractivity contribution in [3.05, 3.63) is 41.2 Å². The van der Waals surface area contributed by atoms with Crippen LogP contribution in [0.2, 0.25) is 0 Å². The molecule has 0 aromatic carbocycles. The molecule has 1 amide bonds. The molecule has 2 aliphatic heterocycles. The number of pyridine rings is 1. The maximum Gasteiger partial charge on any atom is 0.255 e. The second-order valence-electron chi connectivity index (χ2n) is 6.81. The van der Waals surface area contributed by atoms with Crippen LogP contribution in [-0.2, 0) is 11.3 Å². The second-order valence-corrected chi connectivity index (χ2v) is 6.81. The summed E-state index contributed by atoms with van der Waals surface area (Å²) in [6.45, 7) is 4.64. The second kappa shape index (κ2) is 6.84. The van der Waals surface area contributed by atoms with E-state index in [4.69, 9.17) is 10.00 Å². The topological polar surface area (TPSA) is 96.9 Å². The van der Waals surface area contributed by atoms with Crippen molar-refractivity contribution in [2.75, 3.05) is 19.8 Å². The molecule has 4 rings (SSSR count). The average Bonchev–Trinajstić information content (AvgIpc) is 3.13. The lowest BCUT2D eigenvalue weighted by atomic mass is 9.98. The lowest BCUT2D eigenvalue weighted by Gasteiger charge is -2.34. The van der Waals surface area contributed by atoms with E-state index >= 15 is 0 Å². The predicted molar refractivity (Wildman–Crippen MR) is 91.2 cm³/mol. The first-order valence-corrected chi connectivity index (χ1v) is 8.84. The molecule has 1 atom stereocenters. The van der Waals surface area contributed by atoms with Gasteiger partial charge in [0.1, 0.15) is 17.6 Å². The molecule has 1 saturated heterocycles. The van der Waals surface area contributed by atoms with Crippen molar-refractivity contribution in [1.29, 1.82) is 5.26 Å². The van der Waals surface area contributed by atoms with Crippen molar-refractivity contribution < 1.29 is 9.53 Å². The molecule has 0 N–H and O–H groups in total. The number of rotatable bonds is 2. The van der Waals surface area contributed by atoms with E-state index in [0.29, 0.717) is 30.3 Å². The Hall–Kier alpha value is -2.79. The Balaban J connectivity index is 1.55. The molecule has 2 aliphatic rings. The zero-order valence-electron chi connectivity index (χ0n) is 14.6. The number of hydrogen-bond acceptors (Lipinski definition) is 6. The highest BCUT2D eigenvalue weighted by molar-refractivity contribution is 5.94. The Morgan fingerprint density at radius 3 is 2.81 bits per heavy atom. The third-order valence-corrected chi connectivity index (χ3v) is 5.05. The summed E-state index contributed by atoms with van der Waals surface area (Å²) in [6, 6.07) is 5.28. The van der Waals surface area contributed by atoms with Crippen molar-refractivity contribution >= 4 is 5.91 Å². The summed E-state index contributed by atoms with van der Waals surface area (Å²) < 4.78 is 7.64. The van der Waals surface area contributed by atoms with Crippen molar-refractivity contribution in [3.8, 4) is 6.07 Å². The van der Waals surface area contributed by atoms with Crippen LogP contribution in [0.25, 0.3) is 0 Å². The average molecular weight is 352 g/mol. The highest BCUT2D eigenvalue weighted by Crippen LogP contribution is 2.31. The summed E-state index contributed by atoms with van der Waals surface area (Å²) in [5.41, 5.74) is 0.781. The van der Waals surface area contributed by atoms with Crippen LogP contribution in [0.5, 0.6) is 0 Å². The molecule has 4 heterocycles. The summed E-state index contributed by atoms with van der Waals surface area (Å²) in [6.07, 6.45) is 3.38. The Morgan fingerprint density at radius 2 is 2.12 bits per heavy atom. The lowest BCUT2D eigenvalue weighted by Crippen LogP contribution is -2.41. The highest BCUT2D eigenvalue weighted by Gasteiger charge is 2.32. The molecule has 2 aromatic rings. The molecule has 0 saturated carbocycles. The summed E-state index contributed by atoms with van der Waals surface area (Å²) in [4.78, 5) is 18.5. The van der Waals surface area contributed by atoms with Gasteiger partial charge in [-0.2, -0.15) is 5.26 Å². The van der Waals surface area contributed by atoms with E-state index in [0.717, 1.165) is 37.7 Å².